The minimum absolute atomic E-state index is 0.0972. The Bertz CT molecular complexity index is 271. The van der Waals surface area contributed by atoms with E-state index in [9.17, 15) is 9.59 Å². The molecule has 0 aliphatic carbocycles. The molecule has 1 rings (SSSR count). The number of carbonyl (C=O) groups is 1. The predicted octanol–water partition coefficient (Wildman–Crippen LogP) is -1.20. The number of nitrogens with two attached hydrogens (primary N) is 1. The van der Waals surface area contributed by atoms with Gasteiger partial charge in [0.05, 0.1) is 0 Å². The van der Waals surface area contributed by atoms with Gasteiger partial charge in [0, 0.05) is 6.07 Å². The predicted molar refractivity (Wildman–Crippen MR) is 29.9 cm³/mol. The van der Waals surface area contributed by atoms with Crippen LogP contribution in [0.15, 0.2) is 10.9 Å². The van der Waals surface area contributed by atoms with Gasteiger partial charge in [-0.3, -0.25) is 19.8 Å². The molecule has 5 nitrogen and oxygen atoms in total. The second kappa shape index (κ2) is 1.77. The van der Waals surface area contributed by atoms with Crippen LogP contribution in [0.4, 0.5) is 0 Å². The zero-order chi connectivity index (χ0) is 6.85. The van der Waals surface area contributed by atoms with Gasteiger partial charge in [0.2, 0.25) is 0 Å². The molecule has 0 fully saturated rings. The summed E-state index contributed by atoms with van der Waals surface area (Å²) in [7, 11) is 0. The number of rotatable bonds is 1. The number of H-pyrrole nitrogens is 2. The van der Waals surface area contributed by atoms with Crippen LogP contribution in [0, 0.1) is 0 Å². The fourth-order valence-corrected chi connectivity index (χ4v) is 0.465. The molecule has 0 aromatic carbocycles. The van der Waals surface area contributed by atoms with Crippen LogP contribution in [0.1, 0.15) is 10.5 Å². The van der Waals surface area contributed by atoms with Gasteiger partial charge in [-0.1, -0.05) is 0 Å². The van der Waals surface area contributed by atoms with Gasteiger partial charge in [0.1, 0.15) is 5.69 Å². The maximum atomic E-state index is 10.3. The summed E-state index contributed by atoms with van der Waals surface area (Å²) in [5.74, 6) is -0.645. The van der Waals surface area contributed by atoms with Crippen LogP contribution in [-0.4, -0.2) is 16.1 Å². The first-order valence-electron chi connectivity index (χ1n) is 2.27. The average molecular weight is 127 g/mol. The zero-order valence-electron chi connectivity index (χ0n) is 4.47. The van der Waals surface area contributed by atoms with Gasteiger partial charge in [-0.05, 0) is 0 Å². The highest BCUT2D eigenvalue weighted by atomic mass is 16.1. The maximum absolute atomic E-state index is 10.3. The number of primary amides is 1. The van der Waals surface area contributed by atoms with E-state index in [4.69, 9.17) is 5.73 Å². The fourth-order valence-electron chi connectivity index (χ4n) is 0.465. The molecule has 4 N–H and O–H groups in total. The first kappa shape index (κ1) is 5.61. The fraction of sp³-hybridized carbons (Fsp3) is 0. The smallest absolute Gasteiger partial charge is 0.266 e. The SMILES string of the molecule is NC(=O)c1cc(=O)[nH][nH]1. The van der Waals surface area contributed by atoms with Gasteiger partial charge >= 0.3 is 0 Å². The summed E-state index contributed by atoms with van der Waals surface area (Å²) in [4.78, 5) is 20.5. The molecule has 0 saturated heterocycles. The van der Waals surface area contributed by atoms with E-state index in [0.29, 0.717) is 0 Å². The van der Waals surface area contributed by atoms with Gasteiger partial charge in [0.15, 0.2) is 0 Å². The Kier molecular flexibility index (Phi) is 1.11. The summed E-state index contributed by atoms with van der Waals surface area (Å²) in [6.07, 6.45) is 0. The van der Waals surface area contributed by atoms with Crippen molar-refractivity contribution in [2.75, 3.05) is 0 Å². The highest BCUT2D eigenvalue weighted by Crippen LogP contribution is 1.81. The Morgan fingerprint density at radius 2 is 2.22 bits per heavy atom. The summed E-state index contributed by atoms with van der Waals surface area (Å²) >= 11 is 0. The number of aromatic nitrogens is 2. The van der Waals surface area contributed by atoms with E-state index in [0.717, 1.165) is 6.07 Å². The molecule has 1 amide bonds. The summed E-state index contributed by atoms with van der Waals surface area (Å²) in [6, 6.07) is 1.10. The lowest BCUT2D eigenvalue weighted by Gasteiger charge is -1.80. The Labute approximate surface area is 49.9 Å². The first-order valence-corrected chi connectivity index (χ1v) is 2.27. The molecule has 0 aliphatic heterocycles. The Morgan fingerprint density at radius 1 is 1.56 bits per heavy atom. The maximum Gasteiger partial charge on any atom is 0.266 e. The molecule has 1 aromatic rings. The number of amides is 1. The summed E-state index contributed by atoms with van der Waals surface area (Å²) in [5, 5.41) is 4.46. The molecule has 0 aliphatic rings. The van der Waals surface area contributed by atoms with Crippen molar-refractivity contribution < 1.29 is 4.79 Å². The molecule has 0 radical (unpaired) electrons. The molecule has 5 heteroatoms. The quantitative estimate of drug-likeness (QED) is 0.442. The van der Waals surface area contributed by atoms with Crippen LogP contribution in [0.2, 0.25) is 0 Å². The number of carbonyl (C=O) groups excluding carboxylic acids is 1. The molecule has 0 atom stereocenters. The third-order valence-corrected chi connectivity index (χ3v) is 0.861. The average Bonchev–Trinajstić information content (AvgIpc) is 2.14. The van der Waals surface area contributed by atoms with Crippen LogP contribution in [0.3, 0.4) is 0 Å². The molecule has 0 bridgehead atoms. The Balaban J connectivity index is 3.12. The monoisotopic (exact) mass is 127 g/mol. The zero-order valence-corrected chi connectivity index (χ0v) is 4.47. The molecule has 0 saturated carbocycles. The molecule has 1 heterocycles. The highest BCUT2D eigenvalue weighted by molar-refractivity contribution is 5.90. The van der Waals surface area contributed by atoms with Crippen molar-refractivity contribution in [2.45, 2.75) is 0 Å². The van der Waals surface area contributed by atoms with E-state index < -0.39 is 5.91 Å². The Hall–Kier alpha value is -1.52. The minimum Gasteiger partial charge on any atom is -0.364 e. The molecule has 48 valence electrons. The van der Waals surface area contributed by atoms with E-state index in [-0.39, 0.29) is 11.3 Å². The first-order chi connectivity index (χ1) is 4.20. The van der Waals surface area contributed by atoms with Crippen molar-refractivity contribution >= 4 is 5.91 Å². The van der Waals surface area contributed by atoms with Gasteiger partial charge in [-0.25, -0.2) is 0 Å². The largest absolute Gasteiger partial charge is 0.364 e. The molecule has 9 heavy (non-hydrogen) atoms. The van der Waals surface area contributed by atoms with Crippen molar-refractivity contribution in [3.63, 3.8) is 0 Å². The van der Waals surface area contributed by atoms with E-state index in [1.807, 2.05) is 0 Å². The molecular formula is C4H5N3O2. The van der Waals surface area contributed by atoms with E-state index in [2.05, 4.69) is 10.2 Å². The molecule has 0 spiro atoms. The standard InChI is InChI=1S/C4H5N3O2/c5-4(9)2-1-3(8)7-6-2/h1H,(H2,5,9)(H2,6,7,8). The second-order valence-corrected chi connectivity index (χ2v) is 1.54. The lowest BCUT2D eigenvalue weighted by atomic mass is 10.4. The van der Waals surface area contributed by atoms with Gasteiger partial charge in [-0.15, -0.1) is 0 Å². The van der Waals surface area contributed by atoms with Crippen LogP contribution in [0.5, 0.6) is 0 Å². The summed E-state index contributed by atoms with van der Waals surface area (Å²) in [6.45, 7) is 0. The van der Waals surface area contributed by atoms with Crippen LogP contribution in [-0.2, 0) is 0 Å². The van der Waals surface area contributed by atoms with Crippen molar-refractivity contribution in [3.05, 3.63) is 22.1 Å². The van der Waals surface area contributed by atoms with Crippen molar-refractivity contribution in [1.82, 2.24) is 10.2 Å². The number of hydrogen-bond acceptors (Lipinski definition) is 2. The molecule has 0 unspecified atom stereocenters. The lowest BCUT2D eigenvalue weighted by Crippen LogP contribution is -2.11. The van der Waals surface area contributed by atoms with E-state index in [1.165, 1.54) is 0 Å². The van der Waals surface area contributed by atoms with Gasteiger partial charge in [0.25, 0.3) is 11.5 Å². The highest BCUT2D eigenvalue weighted by Gasteiger charge is 1.99. The molecular weight excluding hydrogens is 122 g/mol. The van der Waals surface area contributed by atoms with Crippen LogP contribution >= 0.6 is 0 Å². The number of hydrogen-bond donors (Lipinski definition) is 3. The lowest BCUT2D eigenvalue weighted by molar-refractivity contribution is 0.0995. The van der Waals surface area contributed by atoms with Crippen molar-refractivity contribution in [3.8, 4) is 0 Å². The van der Waals surface area contributed by atoms with Gasteiger partial charge < -0.3 is 5.73 Å². The molecule has 1 aromatic heterocycles. The summed E-state index contributed by atoms with van der Waals surface area (Å²) in [5.41, 5.74) is 4.54. The topological polar surface area (TPSA) is 91.7 Å². The Morgan fingerprint density at radius 3 is 2.44 bits per heavy atom. The van der Waals surface area contributed by atoms with Crippen molar-refractivity contribution in [2.24, 2.45) is 5.73 Å². The third-order valence-electron chi connectivity index (χ3n) is 0.861. The normalized spacial score (nSPS) is 9.33. The summed E-state index contributed by atoms with van der Waals surface area (Å²) < 4.78 is 0. The second-order valence-electron chi connectivity index (χ2n) is 1.54. The minimum atomic E-state index is -0.645. The van der Waals surface area contributed by atoms with Crippen LogP contribution < -0.4 is 11.3 Å². The van der Waals surface area contributed by atoms with Crippen molar-refractivity contribution in [1.29, 1.82) is 0 Å². The third kappa shape index (κ3) is 0.987. The van der Waals surface area contributed by atoms with Gasteiger partial charge in [-0.2, -0.15) is 0 Å². The van der Waals surface area contributed by atoms with E-state index >= 15 is 0 Å². The number of aromatic amines is 2. The van der Waals surface area contributed by atoms with E-state index in [1.54, 1.807) is 0 Å². The van der Waals surface area contributed by atoms with Crippen LogP contribution in [0.25, 0.3) is 0 Å². The number of nitrogens with one attached hydrogen (secondary N) is 2.